The number of aryl methyl sites for hydroxylation is 1. The zero-order valence-corrected chi connectivity index (χ0v) is 13.7. The first-order chi connectivity index (χ1) is 10.9. The van der Waals surface area contributed by atoms with Crippen molar-refractivity contribution in [3.05, 3.63) is 52.2 Å². The molecular weight excluding hydrogens is 318 g/mol. The Bertz CT molecular complexity index is 905. The molecule has 0 radical (unpaired) electrons. The highest BCUT2D eigenvalue weighted by Crippen LogP contribution is 2.28. The molecule has 0 atom stereocenters. The van der Waals surface area contributed by atoms with Gasteiger partial charge in [-0.05, 0) is 18.6 Å². The van der Waals surface area contributed by atoms with Crippen molar-refractivity contribution >= 4 is 10.0 Å². The molecule has 0 saturated carbocycles. The molecule has 3 rings (SSSR count). The van der Waals surface area contributed by atoms with Crippen LogP contribution in [0.4, 0.5) is 0 Å². The van der Waals surface area contributed by atoms with Crippen molar-refractivity contribution in [1.29, 1.82) is 0 Å². The van der Waals surface area contributed by atoms with Crippen molar-refractivity contribution in [2.45, 2.75) is 17.9 Å². The fraction of sp³-hybridized carbons (Fsp3) is 0.333. The summed E-state index contributed by atoms with van der Waals surface area (Å²) < 4.78 is 33.6. The third-order valence-corrected chi connectivity index (χ3v) is 5.82. The summed E-state index contributed by atoms with van der Waals surface area (Å²) in [5.41, 5.74) is 0.976. The molecule has 0 N–H and O–H groups in total. The van der Waals surface area contributed by atoms with Crippen molar-refractivity contribution in [1.82, 2.24) is 13.9 Å². The SMILES string of the molecule is COc1ccccc1S(=O)(=O)N1CCc2c(ncn(C)c2=O)C1. The molecule has 1 aromatic carbocycles. The van der Waals surface area contributed by atoms with Gasteiger partial charge in [-0.1, -0.05) is 12.1 Å². The van der Waals surface area contributed by atoms with Crippen LogP contribution in [0.25, 0.3) is 0 Å². The second-order valence-corrected chi connectivity index (χ2v) is 7.23. The average Bonchev–Trinajstić information content (AvgIpc) is 2.57. The number of hydrogen-bond donors (Lipinski definition) is 0. The number of ether oxygens (including phenoxy) is 1. The van der Waals surface area contributed by atoms with E-state index < -0.39 is 10.0 Å². The minimum Gasteiger partial charge on any atom is -0.495 e. The summed E-state index contributed by atoms with van der Waals surface area (Å²) in [7, 11) is -0.643. The Hall–Kier alpha value is -2.19. The maximum atomic E-state index is 12.9. The van der Waals surface area contributed by atoms with Crippen LogP contribution < -0.4 is 10.3 Å². The van der Waals surface area contributed by atoms with Crippen LogP contribution in [0, 0.1) is 0 Å². The first-order valence-corrected chi connectivity index (χ1v) is 8.55. The largest absolute Gasteiger partial charge is 0.495 e. The zero-order chi connectivity index (χ0) is 16.6. The van der Waals surface area contributed by atoms with Crippen LogP contribution in [0.15, 0.2) is 40.3 Å². The van der Waals surface area contributed by atoms with E-state index in [1.165, 1.54) is 28.4 Å². The van der Waals surface area contributed by atoms with Crippen LogP contribution in [-0.4, -0.2) is 35.9 Å². The standard InChI is InChI=1S/C15H17N3O4S/c1-17-10-16-12-9-18(8-7-11(12)15(17)19)23(20,21)14-6-4-3-5-13(14)22-2/h3-6,10H,7-9H2,1-2H3. The lowest BCUT2D eigenvalue weighted by Gasteiger charge is -2.27. The van der Waals surface area contributed by atoms with Crippen LogP contribution in [0.5, 0.6) is 5.75 Å². The number of methoxy groups -OCH3 is 1. The van der Waals surface area contributed by atoms with Gasteiger partial charge >= 0.3 is 0 Å². The number of para-hydroxylation sites is 1. The number of hydrogen-bond acceptors (Lipinski definition) is 5. The molecule has 0 aliphatic carbocycles. The predicted molar refractivity (Wildman–Crippen MR) is 83.8 cm³/mol. The Morgan fingerprint density at radius 3 is 2.74 bits per heavy atom. The smallest absolute Gasteiger partial charge is 0.256 e. The molecule has 0 saturated heterocycles. The van der Waals surface area contributed by atoms with Gasteiger partial charge in [0.15, 0.2) is 0 Å². The Labute approximate surface area is 134 Å². The van der Waals surface area contributed by atoms with Gasteiger partial charge in [0.05, 0.1) is 25.7 Å². The Balaban J connectivity index is 2.00. The highest BCUT2D eigenvalue weighted by Gasteiger charge is 2.32. The molecule has 2 heterocycles. The summed E-state index contributed by atoms with van der Waals surface area (Å²) in [6.07, 6.45) is 1.77. The number of sulfonamides is 1. The molecule has 2 aromatic rings. The monoisotopic (exact) mass is 335 g/mol. The zero-order valence-electron chi connectivity index (χ0n) is 12.9. The molecular formula is C15H17N3O4S. The van der Waals surface area contributed by atoms with E-state index in [9.17, 15) is 13.2 Å². The Morgan fingerprint density at radius 1 is 1.26 bits per heavy atom. The van der Waals surface area contributed by atoms with Gasteiger partial charge in [0.2, 0.25) is 10.0 Å². The summed E-state index contributed by atoms with van der Waals surface area (Å²) in [4.78, 5) is 16.4. The molecule has 0 unspecified atom stereocenters. The molecule has 23 heavy (non-hydrogen) atoms. The summed E-state index contributed by atoms with van der Waals surface area (Å²) >= 11 is 0. The second kappa shape index (κ2) is 5.78. The molecule has 0 amide bonds. The highest BCUT2D eigenvalue weighted by atomic mass is 32.2. The number of benzene rings is 1. The lowest BCUT2D eigenvalue weighted by molar-refractivity contribution is 0.371. The van der Waals surface area contributed by atoms with Gasteiger partial charge in [-0.2, -0.15) is 4.31 Å². The first kappa shape index (κ1) is 15.7. The number of rotatable bonds is 3. The van der Waals surface area contributed by atoms with E-state index in [4.69, 9.17) is 4.74 Å². The van der Waals surface area contributed by atoms with Crippen molar-refractivity contribution in [2.75, 3.05) is 13.7 Å². The van der Waals surface area contributed by atoms with E-state index in [1.54, 1.807) is 25.2 Å². The summed E-state index contributed by atoms with van der Waals surface area (Å²) in [6, 6.07) is 6.50. The van der Waals surface area contributed by atoms with Gasteiger partial charge in [-0.25, -0.2) is 13.4 Å². The minimum absolute atomic E-state index is 0.0891. The van der Waals surface area contributed by atoms with Crippen molar-refractivity contribution in [2.24, 2.45) is 7.05 Å². The van der Waals surface area contributed by atoms with Crippen LogP contribution >= 0.6 is 0 Å². The first-order valence-electron chi connectivity index (χ1n) is 7.11. The second-order valence-electron chi connectivity index (χ2n) is 5.33. The van der Waals surface area contributed by atoms with Gasteiger partial charge in [0, 0.05) is 19.2 Å². The van der Waals surface area contributed by atoms with Gasteiger partial charge in [-0.3, -0.25) is 4.79 Å². The number of aromatic nitrogens is 2. The topological polar surface area (TPSA) is 81.5 Å². The number of fused-ring (bicyclic) bond motifs is 1. The van der Waals surface area contributed by atoms with Gasteiger partial charge < -0.3 is 9.30 Å². The quantitative estimate of drug-likeness (QED) is 0.817. The van der Waals surface area contributed by atoms with Crippen LogP contribution in [-0.2, 0) is 30.0 Å². The normalized spacial score (nSPS) is 15.2. The highest BCUT2D eigenvalue weighted by molar-refractivity contribution is 7.89. The average molecular weight is 335 g/mol. The molecule has 0 spiro atoms. The van der Waals surface area contributed by atoms with Crippen LogP contribution in [0.3, 0.4) is 0 Å². The molecule has 0 bridgehead atoms. The summed E-state index contributed by atoms with van der Waals surface area (Å²) in [5.74, 6) is 0.301. The summed E-state index contributed by atoms with van der Waals surface area (Å²) in [5, 5.41) is 0. The Kier molecular flexibility index (Phi) is 3.95. The van der Waals surface area contributed by atoms with E-state index >= 15 is 0 Å². The van der Waals surface area contributed by atoms with Crippen molar-refractivity contribution < 1.29 is 13.2 Å². The molecule has 1 aliphatic heterocycles. The van der Waals surface area contributed by atoms with Gasteiger partial charge in [0.1, 0.15) is 10.6 Å². The third kappa shape index (κ3) is 2.64. The summed E-state index contributed by atoms with van der Waals surface area (Å²) in [6.45, 7) is 0.333. The van der Waals surface area contributed by atoms with E-state index in [-0.39, 0.29) is 23.5 Å². The molecule has 7 nitrogen and oxygen atoms in total. The lowest BCUT2D eigenvalue weighted by Crippen LogP contribution is -2.40. The van der Waals surface area contributed by atoms with E-state index in [1.807, 2.05) is 0 Å². The fourth-order valence-corrected chi connectivity index (χ4v) is 4.23. The Morgan fingerprint density at radius 2 is 2.00 bits per heavy atom. The maximum Gasteiger partial charge on any atom is 0.256 e. The van der Waals surface area contributed by atoms with Crippen LogP contribution in [0.2, 0.25) is 0 Å². The van der Waals surface area contributed by atoms with E-state index in [2.05, 4.69) is 4.98 Å². The fourth-order valence-electron chi connectivity index (χ4n) is 2.67. The molecule has 122 valence electrons. The number of nitrogens with zero attached hydrogens (tertiary/aromatic N) is 3. The molecule has 8 heteroatoms. The lowest BCUT2D eigenvalue weighted by atomic mass is 10.1. The predicted octanol–water partition coefficient (Wildman–Crippen LogP) is 0.536. The molecule has 1 aliphatic rings. The van der Waals surface area contributed by atoms with E-state index in [0.29, 0.717) is 23.4 Å². The maximum absolute atomic E-state index is 12.9. The minimum atomic E-state index is -3.71. The van der Waals surface area contributed by atoms with Crippen LogP contribution in [0.1, 0.15) is 11.3 Å². The van der Waals surface area contributed by atoms with Gasteiger partial charge in [0.25, 0.3) is 5.56 Å². The van der Waals surface area contributed by atoms with Gasteiger partial charge in [-0.15, -0.1) is 0 Å². The van der Waals surface area contributed by atoms with E-state index in [0.717, 1.165) is 0 Å². The van der Waals surface area contributed by atoms with Crippen molar-refractivity contribution in [3.63, 3.8) is 0 Å². The third-order valence-electron chi connectivity index (χ3n) is 3.94. The van der Waals surface area contributed by atoms with Crippen molar-refractivity contribution in [3.8, 4) is 5.75 Å². The molecule has 1 aromatic heterocycles. The molecule has 0 fully saturated rings.